The first-order valence-electron chi connectivity index (χ1n) is 7.02. The maximum atomic E-state index is 6.20. The molecule has 2 nitrogen and oxygen atoms in total. The van der Waals surface area contributed by atoms with Gasteiger partial charge in [0.05, 0.1) is 22.8 Å². The van der Waals surface area contributed by atoms with Gasteiger partial charge in [-0.2, -0.15) is 0 Å². The summed E-state index contributed by atoms with van der Waals surface area (Å²) in [6.45, 7) is 0. The first-order valence-corrected chi connectivity index (χ1v) is 7.77. The van der Waals surface area contributed by atoms with Crippen molar-refractivity contribution in [1.82, 2.24) is 0 Å². The van der Waals surface area contributed by atoms with E-state index in [0.29, 0.717) is 22.0 Å². The van der Waals surface area contributed by atoms with E-state index in [-0.39, 0.29) is 0 Å². The van der Waals surface area contributed by atoms with Crippen molar-refractivity contribution < 1.29 is 4.74 Å². The van der Waals surface area contributed by atoms with Gasteiger partial charge in [-0.1, -0.05) is 41.4 Å². The van der Waals surface area contributed by atoms with E-state index >= 15 is 0 Å². The Labute approximate surface area is 135 Å². The van der Waals surface area contributed by atoms with Crippen LogP contribution in [0.15, 0.2) is 42.5 Å². The minimum atomic E-state index is 0.442. The zero-order valence-corrected chi connectivity index (χ0v) is 13.3. The van der Waals surface area contributed by atoms with Crippen LogP contribution in [0.3, 0.4) is 0 Å². The van der Waals surface area contributed by atoms with Gasteiger partial charge < -0.3 is 10.1 Å². The van der Waals surface area contributed by atoms with Gasteiger partial charge in [-0.05, 0) is 48.6 Å². The molecule has 1 aliphatic rings. The average Bonchev–Trinajstić information content (AvgIpc) is 2.46. The molecule has 2 aromatic rings. The van der Waals surface area contributed by atoms with Crippen LogP contribution in [0.1, 0.15) is 24.3 Å². The maximum Gasteiger partial charge on any atom is 0.119 e. The van der Waals surface area contributed by atoms with Gasteiger partial charge in [-0.3, -0.25) is 0 Å². The van der Waals surface area contributed by atoms with Crippen molar-refractivity contribution in [2.45, 2.75) is 24.8 Å². The summed E-state index contributed by atoms with van der Waals surface area (Å²) in [4.78, 5) is 0. The number of hydrogen-bond donors (Lipinski definition) is 1. The molecular formula is C17H17Cl2NO. The lowest BCUT2D eigenvalue weighted by Gasteiger charge is -2.37. The molecular weight excluding hydrogens is 305 g/mol. The van der Waals surface area contributed by atoms with Crippen molar-refractivity contribution in [3.05, 3.63) is 58.1 Å². The summed E-state index contributed by atoms with van der Waals surface area (Å²) in [5.74, 6) is 1.50. The van der Waals surface area contributed by atoms with E-state index in [2.05, 4.69) is 17.4 Å². The molecule has 2 aromatic carbocycles. The Bertz CT molecular complexity index is 638. The van der Waals surface area contributed by atoms with Crippen molar-refractivity contribution in [1.29, 1.82) is 0 Å². The van der Waals surface area contributed by atoms with E-state index in [4.69, 9.17) is 27.9 Å². The Morgan fingerprint density at radius 2 is 1.86 bits per heavy atom. The molecule has 4 heteroatoms. The molecule has 0 radical (unpaired) electrons. The average molecular weight is 322 g/mol. The summed E-state index contributed by atoms with van der Waals surface area (Å²) in [6.07, 6.45) is 2.19. The van der Waals surface area contributed by atoms with Crippen molar-refractivity contribution >= 4 is 28.9 Å². The Balaban J connectivity index is 1.62. The van der Waals surface area contributed by atoms with E-state index < -0.39 is 0 Å². The van der Waals surface area contributed by atoms with Crippen LogP contribution in [0.4, 0.5) is 5.69 Å². The maximum absolute atomic E-state index is 6.20. The van der Waals surface area contributed by atoms with E-state index in [1.165, 1.54) is 5.56 Å². The third-order valence-electron chi connectivity index (χ3n) is 4.01. The van der Waals surface area contributed by atoms with Crippen molar-refractivity contribution in [2.75, 3.05) is 12.4 Å². The first kappa shape index (κ1) is 14.6. The van der Waals surface area contributed by atoms with Gasteiger partial charge in [-0.15, -0.1) is 0 Å². The number of benzene rings is 2. The van der Waals surface area contributed by atoms with Crippen molar-refractivity contribution in [3.63, 3.8) is 0 Å². The van der Waals surface area contributed by atoms with E-state index in [1.54, 1.807) is 13.2 Å². The molecule has 0 saturated heterocycles. The van der Waals surface area contributed by atoms with Crippen LogP contribution in [0.5, 0.6) is 5.75 Å². The minimum Gasteiger partial charge on any atom is -0.497 e. The van der Waals surface area contributed by atoms with Gasteiger partial charge in [0.2, 0.25) is 0 Å². The predicted octanol–water partition coefficient (Wildman–Crippen LogP) is 5.36. The second kappa shape index (κ2) is 6.17. The molecule has 0 spiro atoms. The summed E-state index contributed by atoms with van der Waals surface area (Å²) >= 11 is 12.2. The summed E-state index contributed by atoms with van der Waals surface area (Å²) in [6, 6.07) is 14.4. The van der Waals surface area contributed by atoms with E-state index in [9.17, 15) is 0 Å². The highest BCUT2D eigenvalue weighted by Crippen LogP contribution is 2.41. The third-order valence-corrected chi connectivity index (χ3v) is 4.83. The molecule has 1 fully saturated rings. The highest BCUT2D eigenvalue weighted by molar-refractivity contribution is 6.43. The van der Waals surface area contributed by atoms with Crippen molar-refractivity contribution in [3.8, 4) is 5.75 Å². The third kappa shape index (κ3) is 3.12. The molecule has 0 bridgehead atoms. The quantitative estimate of drug-likeness (QED) is 0.818. The predicted molar refractivity (Wildman–Crippen MR) is 88.8 cm³/mol. The molecule has 21 heavy (non-hydrogen) atoms. The highest BCUT2D eigenvalue weighted by atomic mass is 35.5. The lowest BCUT2D eigenvalue weighted by Crippen LogP contribution is -2.34. The monoisotopic (exact) mass is 321 g/mol. The lowest BCUT2D eigenvalue weighted by molar-refractivity contribution is 0.370. The minimum absolute atomic E-state index is 0.442. The molecule has 0 atom stereocenters. The zero-order chi connectivity index (χ0) is 14.8. The highest BCUT2D eigenvalue weighted by Gasteiger charge is 2.30. The van der Waals surface area contributed by atoms with Crippen LogP contribution in [-0.2, 0) is 0 Å². The molecule has 1 N–H and O–H groups in total. The van der Waals surface area contributed by atoms with Gasteiger partial charge in [-0.25, -0.2) is 0 Å². The smallest absolute Gasteiger partial charge is 0.119 e. The Morgan fingerprint density at radius 3 is 2.62 bits per heavy atom. The summed E-state index contributed by atoms with van der Waals surface area (Å²) in [5, 5.41) is 4.66. The second-order valence-corrected chi connectivity index (χ2v) is 6.17. The number of methoxy groups -OCH3 is 1. The van der Waals surface area contributed by atoms with Gasteiger partial charge in [0.25, 0.3) is 0 Å². The fraction of sp³-hybridized carbons (Fsp3) is 0.294. The largest absolute Gasteiger partial charge is 0.497 e. The number of nitrogens with one attached hydrogen (secondary N) is 1. The number of hydrogen-bond acceptors (Lipinski definition) is 2. The lowest BCUT2D eigenvalue weighted by atomic mass is 9.76. The van der Waals surface area contributed by atoms with Gasteiger partial charge in [0.1, 0.15) is 5.75 Å². The van der Waals surface area contributed by atoms with Crippen LogP contribution < -0.4 is 10.1 Å². The molecule has 0 heterocycles. The molecule has 0 unspecified atom stereocenters. The fourth-order valence-electron chi connectivity index (χ4n) is 2.74. The topological polar surface area (TPSA) is 21.3 Å². The Hall–Kier alpha value is -1.38. The molecule has 1 saturated carbocycles. The summed E-state index contributed by atoms with van der Waals surface area (Å²) in [5.41, 5.74) is 2.25. The van der Waals surface area contributed by atoms with Crippen LogP contribution in [0, 0.1) is 0 Å². The van der Waals surface area contributed by atoms with Gasteiger partial charge in [0, 0.05) is 6.04 Å². The van der Waals surface area contributed by atoms with E-state index in [1.807, 2.05) is 24.3 Å². The van der Waals surface area contributed by atoms with Gasteiger partial charge >= 0.3 is 0 Å². The molecule has 0 amide bonds. The number of ether oxygens (including phenoxy) is 1. The number of halogens is 2. The van der Waals surface area contributed by atoms with Crippen LogP contribution >= 0.6 is 23.2 Å². The first-order chi connectivity index (χ1) is 10.2. The zero-order valence-electron chi connectivity index (χ0n) is 11.8. The van der Waals surface area contributed by atoms with E-state index in [0.717, 1.165) is 24.3 Å². The van der Waals surface area contributed by atoms with Crippen LogP contribution in [0.25, 0.3) is 0 Å². The number of anilines is 1. The second-order valence-electron chi connectivity index (χ2n) is 5.39. The molecule has 0 aliphatic heterocycles. The number of rotatable bonds is 4. The SMILES string of the molecule is COc1cccc(C2CC(Nc3cccc(Cl)c3Cl)C2)c1. The fourth-order valence-corrected chi connectivity index (χ4v) is 3.09. The van der Waals surface area contributed by atoms with Crippen molar-refractivity contribution in [2.24, 2.45) is 0 Å². The molecule has 1 aliphatic carbocycles. The standard InChI is InChI=1S/C17H17Cl2NO/c1-21-14-5-2-4-11(10-14)12-8-13(9-12)20-16-7-3-6-15(18)17(16)19/h2-7,10,12-13,20H,8-9H2,1H3. The van der Waals surface area contributed by atoms with Gasteiger partial charge in [0.15, 0.2) is 0 Å². The molecule has 0 aromatic heterocycles. The van der Waals surface area contributed by atoms with Crippen LogP contribution in [0.2, 0.25) is 10.0 Å². The Kier molecular flexibility index (Phi) is 4.27. The Morgan fingerprint density at radius 1 is 1.10 bits per heavy atom. The molecule has 110 valence electrons. The normalized spacial score (nSPS) is 20.7. The summed E-state index contributed by atoms with van der Waals surface area (Å²) < 4.78 is 5.28. The van der Waals surface area contributed by atoms with Crippen LogP contribution in [-0.4, -0.2) is 13.2 Å². The summed E-state index contributed by atoms with van der Waals surface area (Å²) in [7, 11) is 1.70. The molecule has 3 rings (SSSR count).